The molecule has 1 heterocycles. The van der Waals surface area contributed by atoms with E-state index in [1.54, 1.807) is 18.5 Å². The molecule has 18 heavy (non-hydrogen) atoms. The molecule has 0 saturated carbocycles. The van der Waals surface area contributed by atoms with Crippen LogP contribution in [-0.4, -0.2) is 22.4 Å². The van der Waals surface area contributed by atoms with Gasteiger partial charge < -0.3 is 10.3 Å². The molecule has 0 atom stereocenters. The summed E-state index contributed by atoms with van der Waals surface area (Å²) in [6.07, 6.45) is 7.51. The number of benzene rings is 1. The lowest BCUT2D eigenvalue weighted by Crippen LogP contribution is -2.23. The molecule has 0 bridgehead atoms. The molecule has 0 saturated heterocycles. The fourth-order valence-corrected chi connectivity index (χ4v) is 1.53. The average Bonchev–Trinajstić information content (AvgIpc) is 2.91. The van der Waals surface area contributed by atoms with Gasteiger partial charge in [0.05, 0.1) is 0 Å². The second-order valence-electron chi connectivity index (χ2n) is 3.82. The monoisotopic (exact) mass is 241 g/mol. The molecule has 0 aliphatic heterocycles. The second-order valence-corrected chi connectivity index (χ2v) is 3.82. The number of carbonyl (C=O) groups is 1. The number of hydrogen-bond acceptors (Lipinski definition) is 2. The Morgan fingerprint density at radius 3 is 2.89 bits per heavy atom. The molecule has 0 spiro atoms. The Hall–Kier alpha value is -2.36. The highest BCUT2D eigenvalue weighted by Gasteiger charge is 1.97. The van der Waals surface area contributed by atoms with Gasteiger partial charge in [0.15, 0.2) is 0 Å². The third kappa shape index (κ3) is 3.90. The molecule has 1 amide bonds. The summed E-state index contributed by atoms with van der Waals surface area (Å²) in [7, 11) is 0. The molecule has 1 aromatic heterocycles. The average molecular weight is 241 g/mol. The van der Waals surface area contributed by atoms with Gasteiger partial charge in [-0.1, -0.05) is 30.3 Å². The summed E-state index contributed by atoms with van der Waals surface area (Å²) in [5.74, 6) is 0.785. The minimum absolute atomic E-state index is 0.0922. The lowest BCUT2D eigenvalue weighted by molar-refractivity contribution is -0.116. The maximum Gasteiger partial charge on any atom is 0.244 e. The van der Waals surface area contributed by atoms with E-state index in [2.05, 4.69) is 15.3 Å². The third-order valence-corrected chi connectivity index (χ3v) is 2.44. The number of nitrogens with one attached hydrogen (secondary N) is 2. The van der Waals surface area contributed by atoms with Gasteiger partial charge in [-0.3, -0.25) is 4.79 Å². The number of carbonyl (C=O) groups excluding carboxylic acids is 1. The van der Waals surface area contributed by atoms with Crippen molar-refractivity contribution in [3.05, 3.63) is 60.2 Å². The predicted molar refractivity (Wildman–Crippen MR) is 70.8 cm³/mol. The minimum Gasteiger partial charge on any atom is -0.352 e. The van der Waals surface area contributed by atoms with Crippen molar-refractivity contribution in [2.75, 3.05) is 6.54 Å². The lowest BCUT2D eigenvalue weighted by Gasteiger charge is -1.99. The van der Waals surface area contributed by atoms with Gasteiger partial charge in [-0.05, 0) is 11.6 Å². The largest absolute Gasteiger partial charge is 0.352 e. The fourth-order valence-electron chi connectivity index (χ4n) is 1.53. The van der Waals surface area contributed by atoms with E-state index >= 15 is 0 Å². The van der Waals surface area contributed by atoms with Crippen LogP contribution in [0.25, 0.3) is 6.08 Å². The van der Waals surface area contributed by atoms with Gasteiger partial charge in [0.2, 0.25) is 5.91 Å². The van der Waals surface area contributed by atoms with Crippen LogP contribution in [-0.2, 0) is 11.2 Å². The minimum atomic E-state index is -0.0922. The molecule has 2 N–H and O–H groups in total. The molecular formula is C14H15N3O. The Labute approximate surface area is 106 Å². The van der Waals surface area contributed by atoms with E-state index in [9.17, 15) is 4.79 Å². The van der Waals surface area contributed by atoms with Crippen molar-refractivity contribution in [3.8, 4) is 0 Å². The van der Waals surface area contributed by atoms with Gasteiger partial charge in [0, 0.05) is 31.4 Å². The van der Waals surface area contributed by atoms with Crippen molar-refractivity contribution in [3.63, 3.8) is 0 Å². The highest BCUT2D eigenvalue weighted by Crippen LogP contribution is 2.00. The Morgan fingerprint density at radius 2 is 2.17 bits per heavy atom. The van der Waals surface area contributed by atoms with Gasteiger partial charge in [0.1, 0.15) is 5.82 Å². The van der Waals surface area contributed by atoms with Crippen molar-refractivity contribution < 1.29 is 4.79 Å². The van der Waals surface area contributed by atoms with Gasteiger partial charge in [-0.15, -0.1) is 0 Å². The molecule has 0 radical (unpaired) electrons. The number of aromatic amines is 1. The fraction of sp³-hybridized carbons (Fsp3) is 0.143. The van der Waals surface area contributed by atoms with Crippen LogP contribution in [0.4, 0.5) is 0 Å². The Bertz CT molecular complexity index is 503. The number of H-pyrrole nitrogens is 1. The molecule has 1 aromatic carbocycles. The number of nitrogens with zero attached hydrogens (tertiary/aromatic N) is 1. The van der Waals surface area contributed by atoms with Crippen LogP contribution < -0.4 is 5.32 Å². The van der Waals surface area contributed by atoms with Crippen molar-refractivity contribution >= 4 is 12.0 Å². The molecular weight excluding hydrogens is 226 g/mol. The summed E-state index contributed by atoms with van der Waals surface area (Å²) < 4.78 is 0. The van der Waals surface area contributed by atoms with E-state index in [1.807, 2.05) is 30.3 Å². The number of hydrogen-bond donors (Lipinski definition) is 2. The summed E-state index contributed by atoms with van der Waals surface area (Å²) >= 11 is 0. The molecule has 2 rings (SSSR count). The van der Waals surface area contributed by atoms with Gasteiger partial charge in [0.25, 0.3) is 0 Å². The molecule has 4 heteroatoms. The molecule has 4 nitrogen and oxygen atoms in total. The zero-order valence-electron chi connectivity index (χ0n) is 9.97. The van der Waals surface area contributed by atoms with Crippen LogP contribution in [0.3, 0.4) is 0 Å². The second kappa shape index (κ2) is 6.39. The first-order valence-corrected chi connectivity index (χ1v) is 5.84. The summed E-state index contributed by atoms with van der Waals surface area (Å²) in [5, 5.41) is 2.81. The normalized spacial score (nSPS) is 10.7. The van der Waals surface area contributed by atoms with Crippen LogP contribution in [0.15, 0.2) is 48.8 Å². The zero-order chi connectivity index (χ0) is 12.6. The molecule has 0 aliphatic carbocycles. The van der Waals surface area contributed by atoms with Crippen molar-refractivity contribution in [2.24, 2.45) is 0 Å². The highest BCUT2D eigenvalue weighted by molar-refractivity contribution is 5.91. The van der Waals surface area contributed by atoms with E-state index in [1.165, 1.54) is 6.08 Å². The predicted octanol–water partition coefficient (Wildman–Crippen LogP) is 1.78. The van der Waals surface area contributed by atoms with E-state index in [0.717, 1.165) is 11.4 Å². The quantitative estimate of drug-likeness (QED) is 0.784. The van der Waals surface area contributed by atoms with Crippen molar-refractivity contribution in [1.82, 2.24) is 15.3 Å². The van der Waals surface area contributed by atoms with E-state index in [0.29, 0.717) is 13.0 Å². The Balaban J connectivity index is 1.74. The molecule has 0 unspecified atom stereocenters. The smallest absolute Gasteiger partial charge is 0.244 e. The topological polar surface area (TPSA) is 57.8 Å². The van der Waals surface area contributed by atoms with Crippen LogP contribution in [0.1, 0.15) is 11.4 Å². The van der Waals surface area contributed by atoms with Gasteiger partial charge in [-0.25, -0.2) is 4.98 Å². The maximum absolute atomic E-state index is 11.5. The number of aromatic nitrogens is 2. The summed E-state index contributed by atoms with van der Waals surface area (Å²) in [6.45, 7) is 0.575. The first-order valence-electron chi connectivity index (χ1n) is 5.84. The standard InChI is InChI=1S/C14H15N3O/c18-14(7-6-12-4-2-1-3-5-12)17-9-8-13-15-10-11-16-13/h1-7,10-11H,8-9H2,(H,15,16)(H,17,18)/b7-6+. The Kier molecular flexibility index (Phi) is 4.30. The zero-order valence-corrected chi connectivity index (χ0v) is 9.97. The van der Waals surface area contributed by atoms with Crippen LogP contribution in [0.2, 0.25) is 0 Å². The summed E-state index contributed by atoms with van der Waals surface area (Å²) in [6, 6.07) is 9.73. The Morgan fingerprint density at radius 1 is 1.33 bits per heavy atom. The molecule has 2 aromatic rings. The van der Waals surface area contributed by atoms with E-state index in [4.69, 9.17) is 0 Å². The van der Waals surface area contributed by atoms with E-state index < -0.39 is 0 Å². The molecule has 0 fully saturated rings. The number of amides is 1. The first kappa shape index (κ1) is 12.1. The molecule has 92 valence electrons. The lowest BCUT2D eigenvalue weighted by atomic mass is 10.2. The van der Waals surface area contributed by atoms with Crippen molar-refractivity contribution in [2.45, 2.75) is 6.42 Å². The van der Waals surface area contributed by atoms with Crippen molar-refractivity contribution in [1.29, 1.82) is 0 Å². The van der Waals surface area contributed by atoms with E-state index in [-0.39, 0.29) is 5.91 Å². The molecule has 0 aliphatic rings. The SMILES string of the molecule is O=C(/C=C/c1ccccc1)NCCc1ncc[nH]1. The number of rotatable bonds is 5. The summed E-state index contributed by atoms with van der Waals surface area (Å²) in [5.41, 5.74) is 1.01. The van der Waals surface area contributed by atoms with Gasteiger partial charge >= 0.3 is 0 Å². The van der Waals surface area contributed by atoms with Crippen LogP contribution >= 0.6 is 0 Å². The summed E-state index contributed by atoms with van der Waals surface area (Å²) in [4.78, 5) is 18.6. The first-order chi connectivity index (χ1) is 8.84. The maximum atomic E-state index is 11.5. The van der Waals surface area contributed by atoms with Crippen LogP contribution in [0, 0.1) is 0 Å². The number of imidazole rings is 1. The third-order valence-electron chi connectivity index (χ3n) is 2.44. The van der Waals surface area contributed by atoms with Crippen LogP contribution in [0.5, 0.6) is 0 Å². The van der Waals surface area contributed by atoms with Gasteiger partial charge in [-0.2, -0.15) is 0 Å². The highest BCUT2D eigenvalue weighted by atomic mass is 16.1.